The molecule has 0 radical (unpaired) electrons. The van der Waals surface area contributed by atoms with Crippen LogP contribution in [-0.4, -0.2) is 34.2 Å². The summed E-state index contributed by atoms with van der Waals surface area (Å²) in [6, 6.07) is 0. The lowest BCUT2D eigenvalue weighted by Crippen LogP contribution is -2.38. The number of nitrogens with one attached hydrogen (secondary N) is 1. The van der Waals surface area contributed by atoms with Crippen molar-refractivity contribution in [1.29, 1.82) is 0 Å². The van der Waals surface area contributed by atoms with Crippen molar-refractivity contribution in [3.8, 4) is 0 Å². The average Bonchev–Trinajstić information content (AvgIpc) is 3.09. The van der Waals surface area contributed by atoms with Crippen molar-refractivity contribution < 1.29 is 9.59 Å². The second kappa shape index (κ2) is 41.1. The smallest absolute Gasteiger partial charge is 0.292 e. The maximum atomic E-state index is 13.1. The van der Waals surface area contributed by atoms with Gasteiger partial charge in [0.15, 0.2) is 0 Å². The Balaban J connectivity index is 4.17. The van der Waals surface area contributed by atoms with Crippen molar-refractivity contribution >= 4 is 35.7 Å². The highest BCUT2D eigenvalue weighted by Gasteiger charge is 2.22. The van der Waals surface area contributed by atoms with Gasteiger partial charge < -0.3 is 0 Å². The fourth-order valence-electron chi connectivity index (χ4n) is 6.37. The Kier molecular flexibility index (Phi) is 40.8. The molecule has 1 N–H and O–H groups in total. The second-order valence-electron chi connectivity index (χ2n) is 14.5. The summed E-state index contributed by atoms with van der Waals surface area (Å²) in [5.74, 6) is 1.03. The van der Waals surface area contributed by atoms with Gasteiger partial charge in [0.1, 0.15) is 0 Å². The van der Waals surface area contributed by atoms with E-state index in [1.54, 1.807) is 16.3 Å². The van der Waals surface area contributed by atoms with E-state index in [2.05, 4.69) is 25.5 Å². The standard InChI is InChI=1S/C42H84N2O2S2/c1-4-7-10-13-16-19-22-24-27-30-33-36-39-47-43-41(45)42(46)44(38-35-32-29-26-21-18-15-12-9-6-3)48-40-37-34-31-28-25-23-20-17-14-11-8-5-2/h4-40H2,1-3H3,(H,43,45). The largest absolute Gasteiger partial charge is 0.322 e. The van der Waals surface area contributed by atoms with Crippen molar-refractivity contribution in [2.45, 2.75) is 239 Å². The first-order valence-electron chi connectivity index (χ1n) is 21.5. The van der Waals surface area contributed by atoms with Crippen molar-refractivity contribution in [2.24, 2.45) is 0 Å². The van der Waals surface area contributed by atoms with Crippen LogP contribution in [0.3, 0.4) is 0 Å². The molecule has 0 spiro atoms. The number of unbranched alkanes of at least 4 members (excludes halogenated alkanes) is 31. The first-order valence-corrected chi connectivity index (χ1v) is 23.5. The summed E-state index contributed by atoms with van der Waals surface area (Å²) in [4.78, 5) is 25.9. The molecular weight excluding hydrogens is 629 g/mol. The van der Waals surface area contributed by atoms with Gasteiger partial charge in [-0.05, 0) is 31.2 Å². The van der Waals surface area contributed by atoms with E-state index < -0.39 is 5.91 Å². The summed E-state index contributed by atoms with van der Waals surface area (Å²) in [7, 11) is 0. The monoisotopic (exact) mass is 713 g/mol. The van der Waals surface area contributed by atoms with Crippen LogP contribution in [0.5, 0.6) is 0 Å². The number of rotatable bonds is 39. The zero-order valence-corrected chi connectivity index (χ0v) is 34.4. The van der Waals surface area contributed by atoms with E-state index >= 15 is 0 Å². The van der Waals surface area contributed by atoms with Crippen molar-refractivity contribution in [3.05, 3.63) is 0 Å². The van der Waals surface area contributed by atoms with E-state index in [1.165, 1.54) is 205 Å². The van der Waals surface area contributed by atoms with E-state index in [1.807, 2.05) is 0 Å². The fraction of sp³-hybridized carbons (Fsp3) is 0.952. The van der Waals surface area contributed by atoms with Crippen molar-refractivity contribution in [2.75, 3.05) is 18.1 Å². The molecule has 6 heteroatoms. The third kappa shape index (κ3) is 35.5. The van der Waals surface area contributed by atoms with Crippen LogP contribution in [0.1, 0.15) is 239 Å². The Morgan fingerprint density at radius 2 is 0.688 bits per heavy atom. The van der Waals surface area contributed by atoms with Crippen LogP contribution in [-0.2, 0) is 9.59 Å². The molecule has 0 aromatic heterocycles. The van der Waals surface area contributed by atoms with Crippen molar-refractivity contribution in [3.63, 3.8) is 0 Å². The molecular formula is C42H84N2O2S2. The summed E-state index contributed by atoms with van der Waals surface area (Å²) in [5, 5.41) is 0. The Bertz CT molecular complexity index is 664. The van der Waals surface area contributed by atoms with E-state index in [9.17, 15) is 9.59 Å². The lowest BCUT2D eigenvalue weighted by molar-refractivity contribution is -0.141. The molecule has 0 saturated carbocycles. The van der Waals surface area contributed by atoms with Crippen LogP contribution < -0.4 is 4.72 Å². The quantitative estimate of drug-likeness (QED) is 0.0391. The number of carbonyl (C=O) groups excluding carboxylic acids is 2. The van der Waals surface area contributed by atoms with Gasteiger partial charge in [-0.2, -0.15) is 0 Å². The summed E-state index contributed by atoms with van der Waals surface area (Å²) < 4.78 is 4.64. The Hall–Kier alpha value is -0.360. The Morgan fingerprint density at radius 1 is 0.396 bits per heavy atom. The first kappa shape index (κ1) is 47.6. The number of amides is 2. The van der Waals surface area contributed by atoms with Crippen LogP contribution >= 0.6 is 23.9 Å². The molecule has 0 bridgehead atoms. The Morgan fingerprint density at radius 3 is 1.04 bits per heavy atom. The molecule has 48 heavy (non-hydrogen) atoms. The fourth-order valence-corrected chi connectivity index (χ4v) is 8.05. The molecule has 0 unspecified atom stereocenters. The molecule has 0 aliphatic heterocycles. The van der Waals surface area contributed by atoms with Gasteiger partial charge in [0.2, 0.25) is 0 Å². The molecule has 0 atom stereocenters. The molecule has 0 heterocycles. The van der Waals surface area contributed by atoms with E-state index in [-0.39, 0.29) is 5.91 Å². The van der Waals surface area contributed by atoms with Gasteiger partial charge in [-0.3, -0.25) is 18.6 Å². The number of nitrogens with zero attached hydrogens (tertiary/aromatic N) is 1. The molecule has 0 fully saturated rings. The van der Waals surface area contributed by atoms with Gasteiger partial charge in [-0.1, -0.05) is 232 Å². The van der Waals surface area contributed by atoms with Crippen LogP contribution in [0.4, 0.5) is 0 Å². The molecule has 0 rings (SSSR count). The van der Waals surface area contributed by atoms with Crippen LogP contribution in [0, 0.1) is 0 Å². The Labute approximate surface area is 310 Å². The molecule has 0 saturated heterocycles. The third-order valence-electron chi connectivity index (χ3n) is 9.65. The lowest BCUT2D eigenvalue weighted by atomic mass is 10.1. The molecule has 2 amide bonds. The zero-order valence-electron chi connectivity index (χ0n) is 32.7. The minimum atomic E-state index is -0.437. The maximum absolute atomic E-state index is 13.1. The molecule has 0 aliphatic carbocycles. The topological polar surface area (TPSA) is 49.4 Å². The first-order chi connectivity index (χ1) is 23.7. The second-order valence-corrected chi connectivity index (χ2v) is 16.5. The molecule has 4 nitrogen and oxygen atoms in total. The van der Waals surface area contributed by atoms with Crippen LogP contribution in [0.25, 0.3) is 0 Å². The van der Waals surface area contributed by atoms with Gasteiger partial charge in [0, 0.05) is 18.1 Å². The molecule has 0 aromatic carbocycles. The van der Waals surface area contributed by atoms with Crippen LogP contribution in [0.15, 0.2) is 0 Å². The van der Waals surface area contributed by atoms with E-state index in [0.717, 1.165) is 37.2 Å². The normalized spacial score (nSPS) is 11.3. The van der Waals surface area contributed by atoms with Gasteiger partial charge in [-0.15, -0.1) is 0 Å². The summed E-state index contributed by atoms with van der Waals surface area (Å²) in [6.07, 6.45) is 44.9. The zero-order chi connectivity index (χ0) is 35.0. The van der Waals surface area contributed by atoms with Gasteiger partial charge in [-0.25, -0.2) is 0 Å². The maximum Gasteiger partial charge on any atom is 0.322 e. The van der Waals surface area contributed by atoms with Crippen molar-refractivity contribution in [1.82, 2.24) is 9.03 Å². The predicted molar refractivity (Wildman–Crippen MR) is 219 cm³/mol. The number of hydrogen-bond donors (Lipinski definition) is 1. The highest BCUT2D eigenvalue weighted by Crippen LogP contribution is 2.19. The van der Waals surface area contributed by atoms with Gasteiger partial charge >= 0.3 is 11.8 Å². The van der Waals surface area contributed by atoms with Crippen LogP contribution in [0.2, 0.25) is 0 Å². The van der Waals surface area contributed by atoms with E-state index in [4.69, 9.17) is 0 Å². The SMILES string of the molecule is CCCCCCCCCCCCCCSNC(=O)C(=O)N(CCCCCCCCCCCC)SCCCCCCCCCCCCCC. The van der Waals surface area contributed by atoms with Gasteiger partial charge in [0.05, 0.1) is 0 Å². The molecule has 0 aliphatic rings. The lowest BCUT2D eigenvalue weighted by Gasteiger charge is -2.20. The third-order valence-corrected chi connectivity index (χ3v) is 11.6. The van der Waals surface area contributed by atoms with Gasteiger partial charge in [0.25, 0.3) is 0 Å². The predicted octanol–water partition coefficient (Wildman–Crippen LogP) is 14.6. The molecule has 286 valence electrons. The number of hydrogen-bond acceptors (Lipinski definition) is 4. The summed E-state index contributed by atoms with van der Waals surface area (Å²) in [5.41, 5.74) is 0. The average molecular weight is 713 g/mol. The van der Waals surface area contributed by atoms with E-state index in [0.29, 0.717) is 6.54 Å². The minimum Gasteiger partial charge on any atom is -0.292 e. The highest BCUT2D eigenvalue weighted by atomic mass is 32.2. The molecule has 0 aromatic rings. The minimum absolute atomic E-state index is 0.350. The summed E-state index contributed by atoms with van der Waals surface area (Å²) in [6.45, 7) is 7.52. The highest BCUT2D eigenvalue weighted by molar-refractivity contribution is 7.98. The number of carbonyl (C=O) groups is 2. The summed E-state index contributed by atoms with van der Waals surface area (Å²) >= 11 is 3.02.